The highest BCUT2D eigenvalue weighted by Crippen LogP contribution is 2.44. The average molecular weight is 272 g/mol. The molecule has 1 nitrogen and oxygen atoms in total. The van der Waals surface area contributed by atoms with E-state index in [0.29, 0.717) is 0 Å². The van der Waals surface area contributed by atoms with Crippen LogP contribution in [0.2, 0.25) is 0 Å². The molecule has 0 atom stereocenters. The first-order valence-corrected chi connectivity index (χ1v) is 7.32. The van der Waals surface area contributed by atoms with Crippen LogP contribution >= 0.6 is 0 Å². The molecule has 0 radical (unpaired) electrons. The van der Waals surface area contributed by atoms with E-state index in [4.69, 9.17) is 0 Å². The maximum absolute atomic E-state index is 12.2. The zero-order valence-electron chi connectivity index (χ0n) is 12.2. The van der Waals surface area contributed by atoms with Gasteiger partial charge in [-0.1, -0.05) is 48.5 Å². The van der Waals surface area contributed by atoms with Gasteiger partial charge in [-0.25, -0.2) is 0 Å². The smallest absolute Gasteiger partial charge is 0.160 e. The molecular formula is C20H16O. The highest BCUT2D eigenvalue weighted by Gasteiger charge is 2.26. The molecule has 3 aromatic carbocycles. The molecule has 0 N–H and O–H groups in total. The Morgan fingerprint density at radius 2 is 1.62 bits per heavy atom. The predicted octanol–water partition coefficient (Wildman–Crippen LogP) is 4.92. The van der Waals surface area contributed by atoms with Crippen molar-refractivity contribution in [3.05, 3.63) is 70.8 Å². The molecule has 0 heterocycles. The van der Waals surface area contributed by atoms with Crippen molar-refractivity contribution in [2.75, 3.05) is 0 Å². The second-order valence-electron chi connectivity index (χ2n) is 5.79. The van der Waals surface area contributed by atoms with Crippen molar-refractivity contribution in [1.82, 2.24) is 0 Å². The van der Waals surface area contributed by atoms with Gasteiger partial charge in [-0.05, 0) is 58.9 Å². The fourth-order valence-electron chi connectivity index (χ4n) is 3.75. The standard InChI is InChI=1S/C20H16O/c1-12-15-8-5-6-10-17(15)20-16-9-4-3-7-14(16)11-18(20)19(12)13(2)21/h3-10H,11H2,1-2H3. The van der Waals surface area contributed by atoms with Gasteiger partial charge in [-0.3, -0.25) is 4.79 Å². The lowest BCUT2D eigenvalue weighted by atomic mass is 9.88. The summed E-state index contributed by atoms with van der Waals surface area (Å²) in [7, 11) is 0. The molecule has 102 valence electrons. The summed E-state index contributed by atoms with van der Waals surface area (Å²) in [6, 6.07) is 16.9. The number of Topliss-reactive ketones (excluding diaryl/α,β-unsaturated/α-hetero) is 1. The molecule has 0 aromatic heterocycles. The van der Waals surface area contributed by atoms with Gasteiger partial charge in [-0.15, -0.1) is 0 Å². The van der Waals surface area contributed by atoms with Gasteiger partial charge in [0.05, 0.1) is 0 Å². The summed E-state index contributed by atoms with van der Waals surface area (Å²) < 4.78 is 0. The van der Waals surface area contributed by atoms with Gasteiger partial charge in [0.15, 0.2) is 5.78 Å². The van der Waals surface area contributed by atoms with Crippen LogP contribution in [0.3, 0.4) is 0 Å². The summed E-state index contributed by atoms with van der Waals surface area (Å²) >= 11 is 0. The third-order valence-electron chi connectivity index (χ3n) is 4.58. The number of fused-ring (bicyclic) bond motifs is 5. The minimum Gasteiger partial charge on any atom is -0.294 e. The fraction of sp³-hybridized carbons (Fsp3) is 0.150. The van der Waals surface area contributed by atoms with E-state index in [2.05, 4.69) is 49.4 Å². The Morgan fingerprint density at radius 3 is 2.38 bits per heavy atom. The monoisotopic (exact) mass is 272 g/mol. The number of rotatable bonds is 1. The molecule has 3 aromatic rings. The molecular weight excluding hydrogens is 256 g/mol. The summed E-state index contributed by atoms with van der Waals surface area (Å²) in [5.41, 5.74) is 7.11. The van der Waals surface area contributed by atoms with Crippen LogP contribution in [-0.2, 0) is 6.42 Å². The molecule has 1 aliphatic carbocycles. The van der Waals surface area contributed by atoms with E-state index in [0.717, 1.165) is 17.5 Å². The number of hydrogen-bond acceptors (Lipinski definition) is 1. The van der Waals surface area contributed by atoms with Gasteiger partial charge in [0.1, 0.15) is 0 Å². The SMILES string of the molecule is CC(=O)c1c2c(c3ccccc3c1C)-c1ccccc1C2. The molecule has 0 bridgehead atoms. The third-order valence-corrected chi connectivity index (χ3v) is 4.58. The Morgan fingerprint density at radius 1 is 0.952 bits per heavy atom. The Kier molecular flexibility index (Phi) is 2.52. The molecule has 0 amide bonds. The number of hydrogen-bond donors (Lipinski definition) is 0. The lowest BCUT2D eigenvalue weighted by Crippen LogP contribution is -2.03. The van der Waals surface area contributed by atoms with Gasteiger partial charge < -0.3 is 0 Å². The number of benzene rings is 3. The van der Waals surface area contributed by atoms with Crippen molar-refractivity contribution in [3.63, 3.8) is 0 Å². The highest BCUT2D eigenvalue weighted by molar-refractivity contribution is 6.11. The first kappa shape index (κ1) is 12.3. The summed E-state index contributed by atoms with van der Waals surface area (Å²) in [4.78, 5) is 12.2. The predicted molar refractivity (Wildman–Crippen MR) is 86.9 cm³/mol. The van der Waals surface area contributed by atoms with Crippen molar-refractivity contribution in [2.24, 2.45) is 0 Å². The van der Waals surface area contributed by atoms with Crippen molar-refractivity contribution >= 4 is 16.6 Å². The quantitative estimate of drug-likeness (QED) is 0.449. The number of carbonyl (C=O) groups is 1. The largest absolute Gasteiger partial charge is 0.294 e. The molecule has 0 saturated carbocycles. The summed E-state index contributed by atoms with van der Waals surface area (Å²) in [6.45, 7) is 3.75. The van der Waals surface area contributed by atoms with Crippen molar-refractivity contribution in [3.8, 4) is 11.1 Å². The maximum Gasteiger partial charge on any atom is 0.160 e. The molecule has 1 aliphatic rings. The van der Waals surface area contributed by atoms with Gasteiger partial charge in [0, 0.05) is 5.56 Å². The fourth-order valence-corrected chi connectivity index (χ4v) is 3.75. The number of aryl methyl sites for hydroxylation is 1. The van der Waals surface area contributed by atoms with Crippen LogP contribution in [0.4, 0.5) is 0 Å². The first-order chi connectivity index (χ1) is 10.2. The molecule has 4 rings (SSSR count). The lowest BCUT2D eigenvalue weighted by molar-refractivity contribution is 0.101. The second-order valence-corrected chi connectivity index (χ2v) is 5.79. The van der Waals surface area contributed by atoms with Crippen LogP contribution in [0, 0.1) is 6.92 Å². The van der Waals surface area contributed by atoms with Gasteiger partial charge in [0.25, 0.3) is 0 Å². The first-order valence-electron chi connectivity index (χ1n) is 7.32. The van der Waals surface area contributed by atoms with Crippen LogP contribution in [-0.4, -0.2) is 5.78 Å². The summed E-state index contributed by atoms with van der Waals surface area (Å²) in [5, 5.41) is 2.46. The third kappa shape index (κ3) is 1.61. The lowest BCUT2D eigenvalue weighted by Gasteiger charge is -2.15. The Balaban J connectivity index is 2.23. The molecule has 1 heteroatoms. The van der Waals surface area contributed by atoms with Gasteiger partial charge in [0.2, 0.25) is 0 Å². The van der Waals surface area contributed by atoms with Gasteiger partial charge in [-0.2, -0.15) is 0 Å². The molecule has 0 saturated heterocycles. The van der Waals surface area contributed by atoms with Gasteiger partial charge >= 0.3 is 0 Å². The van der Waals surface area contributed by atoms with Crippen LogP contribution in [0.5, 0.6) is 0 Å². The highest BCUT2D eigenvalue weighted by atomic mass is 16.1. The topological polar surface area (TPSA) is 17.1 Å². The molecule has 0 fully saturated rings. The minimum atomic E-state index is 0.169. The molecule has 0 spiro atoms. The van der Waals surface area contributed by atoms with E-state index in [1.54, 1.807) is 6.92 Å². The normalized spacial score (nSPS) is 12.3. The molecule has 21 heavy (non-hydrogen) atoms. The Labute approximate surface area is 124 Å². The van der Waals surface area contributed by atoms with Crippen molar-refractivity contribution in [2.45, 2.75) is 20.3 Å². The van der Waals surface area contributed by atoms with Crippen LogP contribution in [0.1, 0.15) is 34.0 Å². The van der Waals surface area contributed by atoms with E-state index in [1.807, 2.05) is 6.07 Å². The average Bonchev–Trinajstić information content (AvgIpc) is 2.86. The minimum absolute atomic E-state index is 0.169. The van der Waals surface area contributed by atoms with Crippen molar-refractivity contribution in [1.29, 1.82) is 0 Å². The Bertz CT molecular complexity index is 903. The van der Waals surface area contributed by atoms with E-state index in [-0.39, 0.29) is 5.78 Å². The van der Waals surface area contributed by atoms with Crippen molar-refractivity contribution < 1.29 is 4.79 Å². The summed E-state index contributed by atoms with van der Waals surface area (Å²) in [6.07, 6.45) is 0.867. The van der Waals surface area contributed by atoms with E-state index >= 15 is 0 Å². The van der Waals surface area contributed by atoms with E-state index in [9.17, 15) is 4.79 Å². The summed E-state index contributed by atoms with van der Waals surface area (Å²) in [5.74, 6) is 0.169. The second kappa shape index (κ2) is 4.29. The van der Waals surface area contributed by atoms with E-state index in [1.165, 1.54) is 33.0 Å². The zero-order chi connectivity index (χ0) is 14.6. The zero-order valence-corrected chi connectivity index (χ0v) is 12.2. The Hall–Kier alpha value is -2.41. The van der Waals surface area contributed by atoms with Crippen LogP contribution in [0.15, 0.2) is 48.5 Å². The number of ketones is 1. The molecule has 0 aliphatic heterocycles. The number of carbonyl (C=O) groups excluding carboxylic acids is 1. The maximum atomic E-state index is 12.2. The van der Waals surface area contributed by atoms with Crippen LogP contribution < -0.4 is 0 Å². The van der Waals surface area contributed by atoms with E-state index < -0.39 is 0 Å². The molecule has 0 unspecified atom stereocenters. The van der Waals surface area contributed by atoms with Crippen LogP contribution in [0.25, 0.3) is 21.9 Å².